The first kappa shape index (κ1) is 19.4. The van der Waals surface area contributed by atoms with Crippen molar-refractivity contribution >= 4 is 22.5 Å². The predicted octanol–water partition coefficient (Wildman–Crippen LogP) is 6.70. The molecule has 0 aliphatic carbocycles. The zero-order chi connectivity index (χ0) is 20.8. The standard InChI is InChI=1S/C21H12ClF5N2/c22-17-5-2-6-18(24)15(17)11-29-20(12-7-9-13(23)10-8-12)14-3-1-4-16(19(14)28-29)21(25,26)27/h1-10H,11H2. The van der Waals surface area contributed by atoms with Crippen molar-refractivity contribution in [1.29, 1.82) is 0 Å². The lowest BCUT2D eigenvalue weighted by Crippen LogP contribution is -2.08. The van der Waals surface area contributed by atoms with Crippen molar-refractivity contribution in [3.05, 3.63) is 88.4 Å². The molecular formula is C21H12ClF5N2. The van der Waals surface area contributed by atoms with Gasteiger partial charge in [0.05, 0.1) is 17.8 Å². The van der Waals surface area contributed by atoms with Gasteiger partial charge in [0.1, 0.15) is 17.2 Å². The second kappa shape index (κ2) is 7.15. The summed E-state index contributed by atoms with van der Waals surface area (Å²) < 4.78 is 69.4. The molecule has 1 heterocycles. The van der Waals surface area contributed by atoms with Crippen molar-refractivity contribution in [3.63, 3.8) is 0 Å². The molecular weight excluding hydrogens is 411 g/mol. The maximum atomic E-state index is 14.3. The third-order valence-corrected chi connectivity index (χ3v) is 4.92. The van der Waals surface area contributed by atoms with Crippen LogP contribution in [0.4, 0.5) is 22.0 Å². The van der Waals surface area contributed by atoms with Crippen LogP contribution in [0.2, 0.25) is 5.02 Å². The Morgan fingerprint density at radius 3 is 2.24 bits per heavy atom. The first-order valence-corrected chi connectivity index (χ1v) is 8.89. The average Bonchev–Trinajstić information content (AvgIpc) is 3.02. The molecule has 0 atom stereocenters. The molecule has 148 valence electrons. The molecule has 0 saturated heterocycles. The van der Waals surface area contributed by atoms with Gasteiger partial charge in [-0.15, -0.1) is 0 Å². The van der Waals surface area contributed by atoms with Crippen LogP contribution in [0.25, 0.3) is 22.2 Å². The molecule has 0 amide bonds. The fourth-order valence-corrected chi connectivity index (χ4v) is 3.46. The van der Waals surface area contributed by atoms with E-state index in [0.29, 0.717) is 11.3 Å². The predicted molar refractivity (Wildman–Crippen MR) is 101 cm³/mol. The van der Waals surface area contributed by atoms with E-state index < -0.39 is 23.4 Å². The number of halogens is 6. The third-order valence-electron chi connectivity index (χ3n) is 4.56. The second-order valence-corrected chi connectivity index (χ2v) is 6.82. The topological polar surface area (TPSA) is 17.8 Å². The number of fused-ring (bicyclic) bond motifs is 1. The van der Waals surface area contributed by atoms with Gasteiger partial charge in [0.15, 0.2) is 0 Å². The first-order chi connectivity index (χ1) is 13.8. The zero-order valence-electron chi connectivity index (χ0n) is 14.6. The van der Waals surface area contributed by atoms with E-state index in [2.05, 4.69) is 5.10 Å². The summed E-state index contributed by atoms with van der Waals surface area (Å²) in [6, 6.07) is 13.1. The lowest BCUT2D eigenvalue weighted by molar-refractivity contribution is -0.136. The summed E-state index contributed by atoms with van der Waals surface area (Å²) in [7, 11) is 0. The highest BCUT2D eigenvalue weighted by Gasteiger charge is 2.34. The number of benzene rings is 3. The summed E-state index contributed by atoms with van der Waals surface area (Å²) in [5, 5.41) is 4.48. The molecule has 4 rings (SSSR count). The quantitative estimate of drug-likeness (QED) is 0.336. The molecule has 0 aliphatic heterocycles. The Kier molecular flexibility index (Phi) is 4.78. The molecule has 8 heteroatoms. The maximum absolute atomic E-state index is 14.3. The van der Waals surface area contributed by atoms with Gasteiger partial charge in [0, 0.05) is 21.5 Å². The number of hydrogen-bond donors (Lipinski definition) is 0. The highest BCUT2D eigenvalue weighted by Crippen LogP contribution is 2.38. The normalized spacial score (nSPS) is 11.9. The van der Waals surface area contributed by atoms with Gasteiger partial charge in [-0.1, -0.05) is 29.8 Å². The van der Waals surface area contributed by atoms with Gasteiger partial charge in [-0.2, -0.15) is 18.3 Å². The van der Waals surface area contributed by atoms with Crippen LogP contribution >= 0.6 is 11.6 Å². The summed E-state index contributed by atoms with van der Waals surface area (Å²) in [5.41, 5.74) is -0.325. The van der Waals surface area contributed by atoms with E-state index >= 15 is 0 Å². The summed E-state index contributed by atoms with van der Waals surface area (Å²) in [4.78, 5) is 0. The Morgan fingerprint density at radius 2 is 1.59 bits per heavy atom. The second-order valence-electron chi connectivity index (χ2n) is 6.41. The minimum absolute atomic E-state index is 0.0962. The van der Waals surface area contributed by atoms with Gasteiger partial charge in [0.2, 0.25) is 0 Å². The Labute approximate surface area is 167 Å². The molecule has 2 nitrogen and oxygen atoms in total. The smallest absolute Gasteiger partial charge is 0.259 e. The van der Waals surface area contributed by atoms with Gasteiger partial charge in [-0.05, 0) is 42.5 Å². The van der Waals surface area contributed by atoms with E-state index in [4.69, 9.17) is 11.6 Å². The molecule has 1 aromatic heterocycles. The number of rotatable bonds is 3. The van der Waals surface area contributed by atoms with Gasteiger partial charge >= 0.3 is 6.18 Å². The largest absolute Gasteiger partial charge is 0.418 e. The van der Waals surface area contributed by atoms with Gasteiger partial charge < -0.3 is 0 Å². The SMILES string of the molecule is Fc1ccc(-c2c3cccc(C(F)(F)F)c3nn2Cc2c(F)cccc2Cl)cc1. The molecule has 29 heavy (non-hydrogen) atoms. The summed E-state index contributed by atoms with van der Waals surface area (Å²) in [6.07, 6.45) is -4.62. The first-order valence-electron chi connectivity index (χ1n) is 8.51. The summed E-state index contributed by atoms with van der Waals surface area (Å²) in [5.74, 6) is -1.09. The van der Waals surface area contributed by atoms with Crippen molar-refractivity contribution < 1.29 is 22.0 Å². The minimum Gasteiger partial charge on any atom is -0.259 e. The van der Waals surface area contributed by atoms with Crippen molar-refractivity contribution in [3.8, 4) is 11.3 Å². The van der Waals surface area contributed by atoms with Crippen molar-refractivity contribution in [2.45, 2.75) is 12.7 Å². The van der Waals surface area contributed by atoms with E-state index in [0.717, 1.165) is 6.07 Å². The van der Waals surface area contributed by atoms with Crippen LogP contribution in [0.3, 0.4) is 0 Å². The third kappa shape index (κ3) is 3.58. The number of hydrogen-bond acceptors (Lipinski definition) is 1. The van der Waals surface area contributed by atoms with Gasteiger partial charge in [0.25, 0.3) is 0 Å². The Bertz CT molecular complexity index is 1180. The van der Waals surface area contributed by atoms with Gasteiger partial charge in [-0.3, -0.25) is 4.68 Å². The highest BCUT2D eigenvalue weighted by atomic mass is 35.5. The molecule has 0 bridgehead atoms. The maximum Gasteiger partial charge on any atom is 0.418 e. The summed E-state index contributed by atoms with van der Waals surface area (Å²) >= 11 is 6.09. The monoisotopic (exact) mass is 422 g/mol. The molecule has 3 aromatic carbocycles. The molecule has 0 unspecified atom stereocenters. The van der Waals surface area contributed by atoms with Crippen molar-refractivity contribution in [2.24, 2.45) is 0 Å². The molecule has 0 N–H and O–H groups in total. The van der Waals surface area contributed by atoms with Crippen LogP contribution in [0, 0.1) is 11.6 Å². The zero-order valence-corrected chi connectivity index (χ0v) is 15.4. The Balaban J connectivity index is 1.99. The van der Waals surface area contributed by atoms with Crippen molar-refractivity contribution in [2.75, 3.05) is 0 Å². The summed E-state index contributed by atoms with van der Waals surface area (Å²) in [6.45, 7) is -0.190. The van der Waals surface area contributed by atoms with E-state index in [1.165, 1.54) is 59.3 Å². The Hall–Kier alpha value is -2.93. The molecule has 4 aromatic rings. The fraction of sp³-hybridized carbons (Fsp3) is 0.0952. The lowest BCUT2D eigenvalue weighted by Gasteiger charge is -2.10. The van der Waals surface area contributed by atoms with E-state index in [9.17, 15) is 22.0 Å². The highest BCUT2D eigenvalue weighted by molar-refractivity contribution is 6.31. The van der Waals surface area contributed by atoms with E-state index in [-0.39, 0.29) is 28.0 Å². The van der Waals surface area contributed by atoms with Gasteiger partial charge in [-0.25, -0.2) is 8.78 Å². The Morgan fingerprint density at radius 1 is 0.897 bits per heavy atom. The fourth-order valence-electron chi connectivity index (χ4n) is 3.24. The molecule has 0 fully saturated rings. The van der Waals surface area contributed by atoms with Crippen LogP contribution in [-0.4, -0.2) is 9.78 Å². The lowest BCUT2D eigenvalue weighted by atomic mass is 10.0. The molecule has 0 radical (unpaired) electrons. The van der Waals surface area contributed by atoms with Crippen molar-refractivity contribution in [1.82, 2.24) is 9.78 Å². The number of nitrogens with zero attached hydrogens (tertiary/aromatic N) is 2. The minimum atomic E-state index is -4.62. The molecule has 0 aliphatic rings. The van der Waals surface area contributed by atoms with Crippen LogP contribution < -0.4 is 0 Å². The van der Waals surface area contributed by atoms with Crippen LogP contribution in [0.15, 0.2) is 60.7 Å². The number of aromatic nitrogens is 2. The van der Waals surface area contributed by atoms with Crippen LogP contribution in [0.1, 0.15) is 11.1 Å². The van der Waals surface area contributed by atoms with E-state index in [1.54, 1.807) is 0 Å². The van der Waals surface area contributed by atoms with E-state index in [1.807, 2.05) is 0 Å². The average molecular weight is 423 g/mol. The molecule has 0 spiro atoms. The molecule has 0 saturated carbocycles. The van der Waals surface area contributed by atoms with Crippen LogP contribution in [-0.2, 0) is 12.7 Å². The van der Waals surface area contributed by atoms with Crippen LogP contribution in [0.5, 0.6) is 0 Å². The number of alkyl halides is 3.